The van der Waals surface area contributed by atoms with E-state index in [2.05, 4.69) is 16.3 Å². The molecule has 1 aliphatic rings. The van der Waals surface area contributed by atoms with Crippen LogP contribution >= 0.6 is 11.6 Å². The molecule has 1 saturated carbocycles. The second-order valence-corrected chi connectivity index (χ2v) is 6.33. The normalized spacial score (nSPS) is 15.6. The molecule has 0 aliphatic heterocycles. The molecule has 0 aromatic heterocycles. The van der Waals surface area contributed by atoms with Crippen molar-refractivity contribution < 1.29 is 5.11 Å². The molecule has 0 atom stereocenters. The van der Waals surface area contributed by atoms with Crippen LogP contribution in [0.2, 0.25) is 5.02 Å². The van der Waals surface area contributed by atoms with Crippen molar-refractivity contribution in [2.75, 3.05) is 18.6 Å². The Kier molecular flexibility index (Phi) is 4.39. The Bertz CT molecular complexity index is 444. The fourth-order valence-corrected chi connectivity index (χ4v) is 2.24. The Morgan fingerprint density at radius 2 is 2.11 bits per heavy atom. The topological polar surface area (TPSA) is 35.5 Å². The first-order valence-electron chi connectivity index (χ1n) is 6.81. The minimum atomic E-state index is -0.307. The summed E-state index contributed by atoms with van der Waals surface area (Å²) in [6.45, 7) is 4.93. The van der Waals surface area contributed by atoms with Crippen molar-refractivity contribution >= 4 is 17.3 Å². The highest BCUT2D eigenvalue weighted by atomic mass is 35.5. The number of hydrogen-bond donors (Lipinski definition) is 2. The molecule has 0 spiro atoms. The average Bonchev–Trinajstić information content (AvgIpc) is 3.20. The van der Waals surface area contributed by atoms with Gasteiger partial charge in [0.1, 0.15) is 0 Å². The van der Waals surface area contributed by atoms with Gasteiger partial charge in [0.25, 0.3) is 0 Å². The smallest absolute Gasteiger partial charge is 0.0658 e. The Morgan fingerprint density at radius 1 is 1.42 bits per heavy atom. The number of nitrogens with zero attached hydrogens (tertiary/aromatic N) is 1. The Labute approximate surface area is 120 Å². The number of nitrogens with one attached hydrogen (secondary N) is 1. The molecule has 106 valence electrons. The lowest BCUT2D eigenvalue weighted by Crippen LogP contribution is -2.45. The molecule has 2 N–H and O–H groups in total. The molecule has 1 aliphatic carbocycles. The van der Waals surface area contributed by atoms with E-state index in [-0.39, 0.29) is 12.1 Å². The molecule has 0 radical (unpaired) electrons. The summed E-state index contributed by atoms with van der Waals surface area (Å²) < 4.78 is 0. The SMILES string of the molecule is CN(c1cccc(Cl)c1CNC1CC1)C(C)(C)CO. The van der Waals surface area contributed by atoms with Crippen molar-refractivity contribution in [2.24, 2.45) is 0 Å². The summed E-state index contributed by atoms with van der Waals surface area (Å²) in [6, 6.07) is 6.60. The summed E-state index contributed by atoms with van der Waals surface area (Å²) in [4.78, 5) is 2.10. The van der Waals surface area contributed by atoms with Crippen molar-refractivity contribution in [3.8, 4) is 0 Å². The number of halogens is 1. The van der Waals surface area contributed by atoms with Gasteiger partial charge in [0, 0.05) is 35.9 Å². The first-order valence-corrected chi connectivity index (χ1v) is 7.19. The molecule has 0 unspecified atom stereocenters. The van der Waals surface area contributed by atoms with Gasteiger partial charge in [-0.05, 0) is 38.8 Å². The Hall–Kier alpha value is -0.770. The zero-order chi connectivity index (χ0) is 14.0. The molecule has 2 rings (SSSR count). The molecule has 1 aromatic carbocycles. The van der Waals surface area contributed by atoms with E-state index in [9.17, 15) is 5.11 Å². The van der Waals surface area contributed by atoms with Gasteiger partial charge in [0.15, 0.2) is 0 Å². The number of benzene rings is 1. The maximum Gasteiger partial charge on any atom is 0.0658 e. The molecular weight excluding hydrogens is 260 g/mol. The molecule has 0 heterocycles. The van der Waals surface area contributed by atoms with Crippen LogP contribution in [0.5, 0.6) is 0 Å². The van der Waals surface area contributed by atoms with E-state index in [0.717, 1.165) is 22.8 Å². The summed E-state index contributed by atoms with van der Waals surface area (Å²) in [6.07, 6.45) is 2.52. The number of rotatable bonds is 6. The highest BCUT2D eigenvalue weighted by Gasteiger charge is 2.26. The number of likely N-dealkylation sites (N-methyl/N-ethyl adjacent to an activating group) is 1. The van der Waals surface area contributed by atoms with Crippen molar-refractivity contribution in [2.45, 2.75) is 44.8 Å². The van der Waals surface area contributed by atoms with Crippen LogP contribution in [-0.2, 0) is 6.54 Å². The number of aliphatic hydroxyl groups is 1. The van der Waals surface area contributed by atoms with Crippen LogP contribution in [0.25, 0.3) is 0 Å². The van der Waals surface area contributed by atoms with Crippen molar-refractivity contribution in [3.63, 3.8) is 0 Å². The lowest BCUT2D eigenvalue weighted by atomic mass is 10.0. The quantitative estimate of drug-likeness (QED) is 0.842. The third kappa shape index (κ3) is 3.41. The lowest BCUT2D eigenvalue weighted by Gasteiger charge is -2.37. The monoisotopic (exact) mass is 282 g/mol. The van der Waals surface area contributed by atoms with E-state index in [0.29, 0.717) is 6.04 Å². The van der Waals surface area contributed by atoms with Crippen molar-refractivity contribution in [3.05, 3.63) is 28.8 Å². The van der Waals surface area contributed by atoms with Gasteiger partial charge in [0.2, 0.25) is 0 Å². The Morgan fingerprint density at radius 3 is 2.68 bits per heavy atom. The second-order valence-electron chi connectivity index (χ2n) is 5.92. The molecule has 1 fully saturated rings. The van der Waals surface area contributed by atoms with E-state index in [1.165, 1.54) is 12.8 Å². The first-order chi connectivity index (χ1) is 8.95. The fraction of sp³-hybridized carbons (Fsp3) is 0.600. The summed E-state index contributed by atoms with van der Waals surface area (Å²) in [5, 5.41) is 13.8. The minimum absolute atomic E-state index is 0.103. The van der Waals surface area contributed by atoms with Gasteiger partial charge >= 0.3 is 0 Å². The average molecular weight is 283 g/mol. The third-order valence-electron chi connectivity index (χ3n) is 3.90. The van der Waals surface area contributed by atoms with E-state index in [1.807, 2.05) is 33.0 Å². The van der Waals surface area contributed by atoms with Crippen LogP contribution in [-0.4, -0.2) is 30.3 Å². The summed E-state index contributed by atoms with van der Waals surface area (Å²) >= 11 is 6.34. The summed E-state index contributed by atoms with van der Waals surface area (Å²) in [5.41, 5.74) is 1.89. The zero-order valence-electron chi connectivity index (χ0n) is 11.9. The number of hydrogen-bond acceptors (Lipinski definition) is 3. The lowest BCUT2D eigenvalue weighted by molar-refractivity contribution is 0.216. The highest BCUT2D eigenvalue weighted by Crippen LogP contribution is 2.31. The van der Waals surface area contributed by atoms with Crippen LogP contribution < -0.4 is 10.2 Å². The molecule has 4 heteroatoms. The standard InChI is InChI=1S/C15H23ClN2O/c1-15(2,10-19)18(3)14-6-4-5-13(16)12(14)9-17-11-7-8-11/h4-6,11,17,19H,7-10H2,1-3H3. The van der Waals surface area contributed by atoms with E-state index in [4.69, 9.17) is 11.6 Å². The first kappa shape index (κ1) is 14.6. The van der Waals surface area contributed by atoms with Gasteiger partial charge in [-0.15, -0.1) is 0 Å². The number of anilines is 1. The van der Waals surface area contributed by atoms with Crippen LogP contribution in [0.4, 0.5) is 5.69 Å². The van der Waals surface area contributed by atoms with Gasteiger partial charge in [-0.1, -0.05) is 17.7 Å². The zero-order valence-corrected chi connectivity index (χ0v) is 12.7. The summed E-state index contributed by atoms with van der Waals surface area (Å²) in [5.74, 6) is 0. The minimum Gasteiger partial charge on any atom is -0.394 e. The predicted octanol–water partition coefficient (Wildman–Crippen LogP) is 2.80. The maximum absolute atomic E-state index is 9.52. The van der Waals surface area contributed by atoms with Crippen molar-refractivity contribution in [1.82, 2.24) is 5.32 Å². The molecule has 0 amide bonds. The summed E-state index contributed by atoms with van der Waals surface area (Å²) in [7, 11) is 2.00. The predicted molar refractivity (Wildman–Crippen MR) is 80.9 cm³/mol. The van der Waals surface area contributed by atoms with Crippen LogP contribution in [0.15, 0.2) is 18.2 Å². The van der Waals surface area contributed by atoms with Gasteiger partial charge < -0.3 is 15.3 Å². The molecule has 0 bridgehead atoms. The van der Waals surface area contributed by atoms with Gasteiger partial charge in [-0.2, -0.15) is 0 Å². The second kappa shape index (κ2) is 5.70. The highest BCUT2D eigenvalue weighted by molar-refractivity contribution is 6.31. The van der Waals surface area contributed by atoms with Gasteiger partial charge in [0.05, 0.1) is 12.1 Å². The van der Waals surface area contributed by atoms with E-state index >= 15 is 0 Å². The molecule has 3 nitrogen and oxygen atoms in total. The van der Waals surface area contributed by atoms with Crippen LogP contribution in [0.1, 0.15) is 32.3 Å². The van der Waals surface area contributed by atoms with Crippen molar-refractivity contribution in [1.29, 1.82) is 0 Å². The van der Waals surface area contributed by atoms with E-state index < -0.39 is 0 Å². The van der Waals surface area contributed by atoms with Gasteiger partial charge in [-0.25, -0.2) is 0 Å². The largest absolute Gasteiger partial charge is 0.394 e. The van der Waals surface area contributed by atoms with Crippen LogP contribution in [0.3, 0.4) is 0 Å². The molecular formula is C15H23ClN2O. The molecule has 0 saturated heterocycles. The fourth-order valence-electron chi connectivity index (χ4n) is 2.00. The van der Waals surface area contributed by atoms with E-state index in [1.54, 1.807) is 0 Å². The van der Waals surface area contributed by atoms with Crippen LogP contribution in [0, 0.1) is 0 Å². The maximum atomic E-state index is 9.52. The number of aliphatic hydroxyl groups excluding tert-OH is 1. The Balaban J connectivity index is 2.24. The molecule has 1 aromatic rings. The third-order valence-corrected chi connectivity index (χ3v) is 4.25. The van der Waals surface area contributed by atoms with Gasteiger partial charge in [-0.3, -0.25) is 0 Å². The molecule has 19 heavy (non-hydrogen) atoms.